The molecule has 0 unspecified atom stereocenters. The number of anilines is 2. The molecular weight excluding hydrogens is 374 g/mol. The van der Waals surface area contributed by atoms with Gasteiger partial charge in [0.05, 0.1) is 12.2 Å². The van der Waals surface area contributed by atoms with Gasteiger partial charge in [0.25, 0.3) is 0 Å². The maximum absolute atomic E-state index is 6.26. The van der Waals surface area contributed by atoms with Gasteiger partial charge in [-0.2, -0.15) is 0 Å². The Hall–Kier alpha value is -2.64. The fraction of sp³-hybridized carbons (Fsp3) is 0.350. The Kier molecular flexibility index (Phi) is 4.41. The largest absolute Gasteiger partial charge is 0.353 e. The van der Waals surface area contributed by atoms with E-state index in [0.29, 0.717) is 0 Å². The minimum absolute atomic E-state index is 0.757. The number of benzene rings is 1. The van der Waals surface area contributed by atoms with Gasteiger partial charge < -0.3 is 9.80 Å². The third kappa shape index (κ3) is 3.10. The topological polar surface area (TPSA) is 53.3 Å². The van der Waals surface area contributed by atoms with E-state index in [2.05, 4.69) is 53.6 Å². The van der Waals surface area contributed by atoms with Crippen LogP contribution in [-0.4, -0.2) is 57.9 Å². The van der Waals surface area contributed by atoms with Gasteiger partial charge in [-0.1, -0.05) is 17.7 Å². The molecule has 8 heteroatoms. The average molecular weight is 396 g/mol. The van der Waals surface area contributed by atoms with E-state index in [0.717, 1.165) is 67.6 Å². The number of hydrogen-bond acceptors (Lipinski definition) is 6. The molecule has 0 bridgehead atoms. The molecule has 0 aliphatic carbocycles. The van der Waals surface area contributed by atoms with Gasteiger partial charge in [-0.3, -0.25) is 9.47 Å². The summed E-state index contributed by atoms with van der Waals surface area (Å²) in [5.41, 5.74) is 2.32. The smallest absolute Gasteiger partial charge is 0.232 e. The number of halogens is 1. The van der Waals surface area contributed by atoms with Crippen LogP contribution < -0.4 is 9.80 Å². The fourth-order valence-electron chi connectivity index (χ4n) is 4.02. The molecule has 0 amide bonds. The Morgan fingerprint density at radius 2 is 1.75 bits per heavy atom. The Bertz CT molecular complexity index is 979. The maximum atomic E-state index is 6.26. The van der Waals surface area contributed by atoms with Crippen molar-refractivity contribution in [3.05, 3.63) is 59.0 Å². The molecule has 4 heterocycles. The van der Waals surface area contributed by atoms with Gasteiger partial charge in [-0.15, -0.1) is 10.2 Å². The van der Waals surface area contributed by atoms with Crippen molar-refractivity contribution in [3.8, 4) is 5.69 Å². The first-order valence-electron chi connectivity index (χ1n) is 9.51. The van der Waals surface area contributed by atoms with E-state index in [4.69, 9.17) is 11.6 Å². The van der Waals surface area contributed by atoms with Crippen LogP contribution in [0.3, 0.4) is 0 Å². The van der Waals surface area contributed by atoms with E-state index in [1.807, 2.05) is 30.5 Å². The molecule has 144 valence electrons. The summed E-state index contributed by atoms with van der Waals surface area (Å²) in [6.45, 7) is 5.18. The lowest BCUT2D eigenvalue weighted by atomic mass is 10.1. The minimum atomic E-state index is 0.757. The molecule has 28 heavy (non-hydrogen) atoms. The molecule has 0 radical (unpaired) electrons. The highest BCUT2D eigenvalue weighted by molar-refractivity contribution is 6.30. The van der Waals surface area contributed by atoms with Gasteiger partial charge in [0.2, 0.25) is 5.95 Å². The predicted molar refractivity (Wildman–Crippen MR) is 110 cm³/mol. The summed E-state index contributed by atoms with van der Waals surface area (Å²) in [5, 5.41) is 9.83. The monoisotopic (exact) mass is 395 g/mol. The number of pyridine rings is 1. The lowest BCUT2D eigenvalue weighted by Crippen LogP contribution is -2.47. The van der Waals surface area contributed by atoms with Crippen molar-refractivity contribution >= 4 is 23.4 Å². The van der Waals surface area contributed by atoms with Crippen molar-refractivity contribution in [2.24, 2.45) is 0 Å². The van der Waals surface area contributed by atoms with E-state index in [-0.39, 0.29) is 0 Å². The van der Waals surface area contributed by atoms with E-state index < -0.39 is 0 Å². The van der Waals surface area contributed by atoms with Crippen LogP contribution in [0.25, 0.3) is 5.69 Å². The molecule has 2 aromatic heterocycles. The molecule has 1 saturated heterocycles. The van der Waals surface area contributed by atoms with Crippen molar-refractivity contribution in [2.75, 3.05) is 43.0 Å². The van der Waals surface area contributed by atoms with Crippen LogP contribution in [0, 0.1) is 0 Å². The highest BCUT2D eigenvalue weighted by Crippen LogP contribution is 2.30. The van der Waals surface area contributed by atoms with Crippen molar-refractivity contribution in [3.63, 3.8) is 0 Å². The van der Waals surface area contributed by atoms with E-state index in [9.17, 15) is 0 Å². The molecule has 0 atom stereocenters. The minimum Gasteiger partial charge on any atom is -0.353 e. The molecule has 1 fully saturated rings. The molecule has 1 aromatic carbocycles. The number of fused-ring (bicyclic) bond motifs is 3. The van der Waals surface area contributed by atoms with Gasteiger partial charge >= 0.3 is 0 Å². The van der Waals surface area contributed by atoms with Gasteiger partial charge in [0.15, 0.2) is 5.82 Å². The van der Waals surface area contributed by atoms with Gasteiger partial charge in [0, 0.05) is 43.9 Å². The summed E-state index contributed by atoms with van der Waals surface area (Å²) in [6.07, 6.45) is 1.85. The first-order valence-corrected chi connectivity index (χ1v) is 9.89. The zero-order valence-electron chi connectivity index (χ0n) is 15.8. The molecule has 2 aliphatic heterocycles. The molecule has 0 saturated carbocycles. The van der Waals surface area contributed by atoms with Crippen molar-refractivity contribution in [1.82, 2.24) is 24.6 Å². The summed E-state index contributed by atoms with van der Waals surface area (Å²) < 4.78 is 2.20. The van der Waals surface area contributed by atoms with Crippen molar-refractivity contribution in [2.45, 2.75) is 13.1 Å². The standard InChI is InChI=1S/C20H22ClN7/c1-25-13-15-12-16(21)5-6-17(15)28-19(14-25)23-24-20(28)27-10-8-26(9-11-27)18-4-2-3-7-22-18/h2-7,12H,8-11,13-14H2,1H3. The van der Waals surface area contributed by atoms with Crippen molar-refractivity contribution in [1.29, 1.82) is 0 Å². The summed E-state index contributed by atoms with van der Waals surface area (Å²) in [7, 11) is 2.10. The zero-order valence-corrected chi connectivity index (χ0v) is 16.5. The Balaban J connectivity index is 1.45. The molecule has 3 aromatic rings. The van der Waals surface area contributed by atoms with Crippen LogP contribution in [-0.2, 0) is 13.1 Å². The van der Waals surface area contributed by atoms with Crippen LogP contribution in [0.1, 0.15) is 11.4 Å². The second-order valence-electron chi connectivity index (χ2n) is 7.36. The SMILES string of the molecule is CN1Cc2cc(Cl)ccc2-n2c(nnc2N2CCN(c3ccccn3)CC2)C1. The van der Waals surface area contributed by atoms with E-state index in [1.165, 1.54) is 5.56 Å². The van der Waals surface area contributed by atoms with Crippen molar-refractivity contribution < 1.29 is 0 Å². The quantitative estimate of drug-likeness (QED) is 0.664. The van der Waals surface area contributed by atoms with Crippen LogP contribution >= 0.6 is 11.6 Å². The second-order valence-corrected chi connectivity index (χ2v) is 7.80. The molecule has 0 spiro atoms. The van der Waals surface area contributed by atoms with Crippen LogP contribution in [0.15, 0.2) is 42.6 Å². The number of nitrogens with zero attached hydrogens (tertiary/aromatic N) is 7. The second kappa shape index (κ2) is 7.07. The fourth-order valence-corrected chi connectivity index (χ4v) is 4.22. The first-order chi connectivity index (χ1) is 13.7. The molecule has 5 rings (SSSR count). The number of piperazine rings is 1. The van der Waals surface area contributed by atoms with E-state index >= 15 is 0 Å². The third-order valence-electron chi connectivity index (χ3n) is 5.38. The maximum Gasteiger partial charge on any atom is 0.232 e. The van der Waals surface area contributed by atoms with Gasteiger partial charge in [-0.05, 0) is 42.9 Å². The normalized spacial score (nSPS) is 17.2. The zero-order chi connectivity index (χ0) is 19.1. The highest BCUT2D eigenvalue weighted by Gasteiger charge is 2.27. The summed E-state index contributed by atoms with van der Waals surface area (Å²) in [5.74, 6) is 2.91. The van der Waals surface area contributed by atoms with Gasteiger partial charge in [-0.25, -0.2) is 4.98 Å². The van der Waals surface area contributed by atoms with Crippen LogP contribution in [0.4, 0.5) is 11.8 Å². The van der Waals surface area contributed by atoms with Crippen LogP contribution in [0.2, 0.25) is 5.02 Å². The molecular formula is C20H22ClN7. The predicted octanol–water partition coefficient (Wildman–Crippen LogP) is 2.59. The Labute approximate surface area is 169 Å². The summed E-state index contributed by atoms with van der Waals surface area (Å²) in [6, 6.07) is 12.1. The first kappa shape index (κ1) is 17.5. The Morgan fingerprint density at radius 3 is 2.54 bits per heavy atom. The molecule has 7 nitrogen and oxygen atoms in total. The number of hydrogen-bond donors (Lipinski definition) is 0. The Morgan fingerprint density at radius 1 is 0.929 bits per heavy atom. The third-order valence-corrected chi connectivity index (χ3v) is 5.62. The van der Waals surface area contributed by atoms with Crippen LogP contribution in [0.5, 0.6) is 0 Å². The highest BCUT2D eigenvalue weighted by atomic mass is 35.5. The van der Waals surface area contributed by atoms with Gasteiger partial charge in [0.1, 0.15) is 5.82 Å². The average Bonchev–Trinajstić information content (AvgIpc) is 3.06. The summed E-state index contributed by atoms with van der Waals surface area (Å²) >= 11 is 6.26. The lowest BCUT2D eigenvalue weighted by Gasteiger charge is -2.35. The number of aromatic nitrogens is 4. The number of rotatable bonds is 2. The van der Waals surface area contributed by atoms with E-state index in [1.54, 1.807) is 0 Å². The lowest BCUT2D eigenvalue weighted by molar-refractivity contribution is 0.315. The summed E-state index contributed by atoms with van der Waals surface area (Å²) in [4.78, 5) is 11.4. The molecule has 2 aliphatic rings. The molecule has 0 N–H and O–H groups in total.